The van der Waals surface area contributed by atoms with Gasteiger partial charge in [-0.2, -0.15) is 0 Å². The smallest absolute Gasteiger partial charge is 0.425 e. The highest BCUT2D eigenvalue weighted by Crippen LogP contribution is 2.25. The van der Waals surface area contributed by atoms with Gasteiger partial charge in [-0.25, -0.2) is 20.4 Å². The van der Waals surface area contributed by atoms with Gasteiger partial charge in [0, 0.05) is 5.02 Å². The third-order valence-corrected chi connectivity index (χ3v) is 2.20. The maximum atomic E-state index is 11.3. The van der Waals surface area contributed by atoms with Crippen molar-refractivity contribution in [3.05, 3.63) is 28.2 Å². The number of halogens is 2. The van der Waals surface area contributed by atoms with E-state index in [0.29, 0.717) is 15.7 Å². The Morgan fingerprint density at radius 3 is 2.59 bits per heavy atom. The minimum absolute atomic E-state index is 0.322. The lowest BCUT2D eigenvalue weighted by Crippen LogP contribution is -2.43. The van der Waals surface area contributed by atoms with E-state index in [9.17, 15) is 9.59 Å². The predicted octanol–water partition coefficient (Wildman–Crippen LogP) is 2.39. The number of hydrazine groups is 1. The molecule has 0 aliphatic rings. The van der Waals surface area contributed by atoms with Crippen LogP contribution in [0.5, 0.6) is 0 Å². The summed E-state index contributed by atoms with van der Waals surface area (Å²) in [4.78, 5) is 22.0. The minimum atomic E-state index is -0.794. The van der Waals surface area contributed by atoms with E-state index in [1.54, 1.807) is 6.07 Å². The van der Waals surface area contributed by atoms with Gasteiger partial charge in [-0.3, -0.25) is 0 Å². The molecule has 0 bridgehead atoms. The summed E-state index contributed by atoms with van der Waals surface area (Å²) >= 11 is 11.5. The molecule has 8 heteroatoms. The summed E-state index contributed by atoms with van der Waals surface area (Å²) in [7, 11) is 1.17. The van der Waals surface area contributed by atoms with Crippen molar-refractivity contribution in [1.29, 1.82) is 0 Å². The Morgan fingerprint density at radius 1 is 1.24 bits per heavy atom. The largest absolute Gasteiger partial charge is 0.452 e. The van der Waals surface area contributed by atoms with Crippen LogP contribution in [0.1, 0.15) is 0 Å². The number of benzene rings is 1. The van der Waals surface area contributed by atoms with Crippen molar-refractivity contribution < 1.29 is 14.3 Å². The fraction of sp³-hybridized carbons (Fsp3) is 0.111. The Bertz CT molecular complexity index is 439. The summed E-state index contributed by atoms with van der Waals surface area (Å²) in [6.45, 7) is 0. The first-order valence-corrected chi connectivity index (χ1v) is 5.14. The van der Waals surface area contributed by atoms with Gasteiger partial charge >= 0.3 is 12.1 Å². The zero-order valence-corrected chi connectivity index (χ0v) is 10.2. The van der Waals surface area contributed by atoms with Crippen LogP contribution in [0.3, 0.4) is 0 Å². The second-order valence-corrected chi connectivity index (χ2v) is 3.66. The highest BCUT2D eigenvalue weighted by atomic mass is 35.5. The molecule has 0 spiro atoms. The monoisotopic (exact) mass is 277 g/mol. The van der Waals surface area contributed by atoms with Gasteiger partial charge in [0.15, 0.2) is 0 Å². The molecule has 1 aromatic rings. The number of anilines is 1. The molecule has 3 amide bonds. The van der Waals surface area contributed by atoms with Gasteiger partial charge in [0.2, 0.25) is 0 Å². The fourth-order valence-electron chi connectivity index (χ4n) is 0.906. The third kappa shape index (κ3) is 4.38. The van der Waals surface area contributed by atoms with Crippen molar-refractivity contribution in [3.63, 3.8) is 0 Å². The number of methoxy groups -OCH3 is 1. The Morgan fingerprint density at radius 2 is 1.94 bits per heavy atom. The molecule has 0 fully saturated rings. The van der Waals surface area contributed by atoms with Crippen molar-refractivity contribution in [2.75, 3.05) is 12.4 Å². The van der Waals surface area contributed by atoms with Gasteiger partial charge < -0.3 is 10.1 Å². The van der Waals surface area contributed by atoms with Crippen LogP contribution in [0.15, 0.2) is 18.2 Å². The highest BCUT2D eigenvalue weighted by molar-refractivity contribution is 6.35. The first kappa shape index (κ1) is 13.4. The van der Waals surface area contributed by atoms with Gasteiger partial charge in [0.1, 0.15) is 0 Å². The Labute approximate surface area is 107 Å². The van der Waals surface area contributed by atoms with E-state index in [0.717, 1.165) is 0 Å². The molecular formula is C9H9Cl2N3O3. The molecule has 0 atom stereocenters. The van der Waals surface area contributed by atoms with Crippen LogP contribution in [-0.2, 0) is 4.74 Å². The molecule has 6 nitrogen and oxygen atoms in total. The van der Waals surface area contributed by atoms with E-state index >= 15 is 0 Å². The molecule has 0 saturated heterocycles. The third-order valence-electron chi connectivity index (χ3n) is 1.64. The summed E-state index contributed by atoms with van der Waals surface area (Å²) in [5.41, 5.74) is 4.36. The summed E-state index contributed by atoms with van der Waals surface area (Å²) < 4.78 is 4.25. The summed E-state index contributed by atoms with van der Waals surface area (Å²) in [5.74, 6) is 0. The van der Waals surface area contributed by atoms with E-state index in [4.69, 9.17) is 23.2 Å². The molecule has 0 aliphatic heterocycles. The SMILES string of the molecule is COC(=O)NNC(=O)Nc1cc(Cl)ccc1Cl. The number of urea groups is 1. The van der Waals surface area contributed by atoms with Crippen LogP contribution in [-0.4, -0.2) is 19.2 Å². The van der Waals surface area contributed by atoms with Crippen molar-refractivity contribution in [1.82, 2.24) is 10.9 Å². The molecule has 0 saturated carbocycles. The Hall–Kier alpha value is -1.66. The first-order valence-electron chi connectivity index (χ1n) is 4.39. The highest BCUT2D eigenvalue weighted by Gasteiger charge is 2.07. The molecule has 17 heavy (non-hydrogen) atoms. The summed E-state index contributed by atoms with van der Waals surface area (Å²) in [6, 6.07) is 3.91. The van der Waals surface area contributed by atoms with Gasteiger partial charge in [0.05, 0.1) is 17.8 Å². The number of hydrogen-bond donors (Lipinski definition) is 3. The molecule has 3 N–H and O–H groups in total. The zero-order valence-electron chi connectivity index (χ0n) is 8.71. The molecule has 0 aliphatic carbocycles. The van der Waals surface area contributed by atoms with Crippen LogP contribution in [0.4, 0.5) is 15.3 Å². The second kappa shape index (κ2) is 6.17. The number of amides is 3. The van der Waals surface area contributed by atoms with Gasteiger partial charge in [-0.15, -0.1) is 0 Å². The van der Waals surface area contributed by atoms with Crippen LogP contribution < -0.4 is 16.2 Å². The van der Waals surface area contributed by atoms with Crippen molar-refractivity contribution >= 4 is 41.0 Å². The lowest BCUT2D eigenvalue weighted by atomic mass is 10.3. The van der Waals surface area contributed by atoms with Crippen molar-refractivity contribution in [3.8, 4) is 0 Å². The maximum Gasteiger partial charge on any atom is 0.425 e. The molecule has 1 aromatic carbocycles. The van der Waals surface area contributed by atoms with Gasteiger partial charge in [0.25, 0.3) is 0 Å². The molecular weight excluding hydrogens is 269 g/mol. The van der Waals surface area contributed by atoms with Crippen LogP contribution in [0.25, 0.3) is 0 Å². The van der Waals surface area contributed by atoms with E-state index in [-0.39, 0.29) is 0 Å². The lowest BCUT2D eigenvalue weighted by molar-refractivity contribution is 0.166. The molecule has 92 valence electrons. The zero-order chi connectivity index (χ0) is 12.8. The average Bonchev–Trinajstić information content (AvgIpc) is 2.30. The standard InChI is InChI=1S/C9H9Cl2N3O3/c1-17-9(16)14-13-8(15)12-7-4-5(10)2-3-6(7)11/h2-4H,1H3,(H,14,16)(H2,12,13,15). The number of nitrogens with one attached hydrogen (secondary N) is 3. The number of carbonyl (C=O) groups excluding carboxylic acids is 2. The quantitative estimate of drug-likeness (QED) is 0.690. The minimum Gasteiger partial charge on any atom is -0.452 e. The van der Waals surface area contributed by atoms with Crippen LogP contribution in [0, 0.1) is 0 Å². The molecule has 0 unspecified atom stereocenters. The van der Waals surface area contributed by atoms with E-state index in [1.165, 1.54) is 19.2 Å². The van der Waals surface area contributed by atoms with E-state index < -0.39 is 12.1 Å². The van der Waals surface area contributed by atoms with Gasteiger partial charge in [-0.05, 0) is 18.2 Å². The Kier molecular flexibility index (Phi) is 4.86. The molecule has 1 rings (SSSR count). The molecule has 0 heterocycles. The second-order valence-electron chi connectivity index (χ2n) is 2.82. The number of hydrogen-bond acceptors (Lipinski definition) is 3. The lowest BCUT2D eigenvalue weighted by Gasteiger charge is -2.09. The Balaban J connectivity index is 2.56. The predicted molar refractivity (Wildman–Crippen MR) is 64.2 cm³/mol. The first-order chi connectivity index (χ1) is 8.02. The average molecular weight is 278 g/mol. The summed E-state index contributed by atoms with van der Waals surface area (Å²) in [5, 5.41) is 3.14. The topological polar surface area (TPSA) is 79.5 Å². The summed E-state index contributed by atoms with van der Waals surface area (Å²) in [6.07, 6.45) is -0.794. The van der Waals surface area contributed by atoms with Gasteiger partial charge in [-0.1, -0.05) is 23.2 Å². The van der Waals surface area contributed by atoms with Crippen LogP contribution >= 0.6 is 23.2 Å². The van der Waals surface area contributed by atoms with E-state index in [1.807, 2.05) is 5.43 Å². The number of rotatable bonds is 1. The van der Waals surface area contributed by atoms with E-state index in [2.05, 4.69) is 15.5 Å². The maximum absolute atomic E-state index is 11.3. The number of carbonyl (C=O) groups is 2. The number of ether oxygens (including phenoxy) is 1. The van der Waals surface area contributed by atoms with Crippen molar-refractivity contribution in [2.45, 2.75) is 0 Å². The normalized spacial score (nSPS) is 9.35. The molecule has 0 radical (unpaired) electrons. The molecule has 0 aromatic heterocycles. The van der Waals surface area contributed by atoms with Crippen molar-refractivity contribution in [2.24, 2.45) is 0 Å². The van der Waals surface area contributed by atoms with Crippen LogP contribution in [0.2, 0.25) is 10.0 Å². The fourth-order valence-corrected chi connectivity index (χ4v) is 1.24.